The van der Waals surface area contributed by atoms with Crippen LogP contribution in [0.3, 0.4) is 0 Å². The summed E-state index contributed by atoms with van der Waals surface area (Å²) in [5.41, 5.74) is 1.03. The molecule has 1 atom stereocenters. The van der Waals surface area contributed by atoms with E-state index in [1.807, 2.05) is 49.1 Å². The van der Waals surface area contributed by atoms with E-state index in [0.717, 1.165) is 18.4 Å². The molecule has 2 amide bonds. The Morgan fingerprint density at radius 3 is 2.54 bits per heavy atom. The average molecular weight is 363 g/mol. The van der Waals surface area contributed by atoms with E-state index in [4.69, 9.17) is 9.84 Å². The molecular formula is C19H29N3O4. The monoisotopic (exact) mass is 363 g/mol. The maximum Gasteiger partial charge on any atom is 0.317 e. The first-order chi connectivity index (χ1) is 12.5. The van der Waals surface area contributed by atoms with E-state index >= 15 is 0 Å². The number of urea groups is 1. The number of carbonyl (C=O) groups is 2. The molecule has 1 fully saturated rings. The SMILES string of the molecule is CCOC(CNC(=O)NC1CC(N(CC)CC(=O)O)C1)c1ccccc1. The summed E-state index contributed by atoms with van der Waals surface area (Å²) in [5, 5.41) is 14.7. The van der Waals surface area contributed by atoms with Crippen LogP contribution in [0, 0.1) is 0 Å². The van der Waals surface area contributed by atoms with Gasteiger partial charge in [-0.05, 0) is 31.9 Å². The van der Waals surface area contributed by atoms with Gasteiger partial charge in [0.1, 0.15) is 0 Å². The van der Waals surface area contributed by atoms with Crippen LogP contribution in [-0.2, 0) is 9.53 Å². The summed E-state index contributed by atoms with van der Waals surface area (Å²) in [7, 11) is 0. The van der Waals surface area contributed by atoms with Gasteiger partial charge in [0.15, 0.2) is 0 Å². The number of rotatable bonds is 10. The lowest BCUT2D eigenvalue weighted by Gasteiger charge is -2.42. The molecule has 3 N–H and O–H groups in total. The van der Waals surface area contributed by atoms with Crippen molar-refractivity contribution in [2.24, 2.45) is 0 Å². The van der Waals surface area contributed by atoms with Crippen LogP contribution in [0.15, 0.2) is 30.3 Å². The number of hydrogen-bond donors (Lipinski definition) is 3. The molecule has 0 aliphatic heterocycles. The number of aliphatic carboxylic acids is 1. The second-order valence-corrected chi connectivity index (χ2v) is 6.49. The summed E-state index contributed by atoms with van der Waals surface area (Å²) >= 11 is 0. The van der Waals surface area contributed by atoms with Crippen molar-refractivity contribution in [3.05, 3.63) is 35.9 Å². The van der Waals surface area contributed by atoms with Crippen molar-refractivity contribution in [2.75, 3.05) is 26.2 Å². The van der Waals surface area contributed by atoms with Gasteiger partial charge in [0.25, 0.3) is 0 Å². The maximum atomic E-state index is 12.1. The number of nitrogens with one attached hydrogen (secondary N) is 2. The highest BCUT2D eigenvalue weighted by atomic mass is 16.5. The molecule has 0 radical (unpaired) electrons. The third kappa shape index (κ3) is 6.00. The Balaban J connectivity index is 1.73. The van der Waals surface area contributed by atoms with E-state index in [9.17, 15) is 9.59 Å². The van der Waals surface area contributed by atoms with Gasteiger partial charge in [0.2, 0.25) is 0 Å². The van der Waals surface area contributed by atoms with E-state index in [1.165, 1.54) is 0 Å². The number of carboxylic acid groups (broad SMARTS) is 1. The first-order valence-electron chi connectivity index (χ1n) is 9.20. The number of carboxylic acids is 1. The van der Waals surface area contributed by atoms with Gasteiger partial charge in [0, 0.05) is 25.2 Å². The van der Waals surface area contributed by atoms with E-state index in [2.05, 4.69) is 10.6 Å². The highest BCUT2D eigenvalue weighted by Crippen LogP contribution is 2.25. The molecule has 7 nitrogen and oxygen atoms in total. The highest BCUT2D eigenvalue weighted by molar-refractivity contribution is 5.74. The molecule has 0 spiro atoms. The van der Waals surface area contributed by atoms with Crippen molar-refractivity contribution in [1.82, 2.24) is 15.5 Å². The maximum absolute atomic E-state index is 12.1. The van der Waals surface area contributed by atoms with Crippen LogP contribution in [0.5, 0.6) is 0 Å². The Bertz CT molecular complexity index is 575. The quantitative estimate of drug-likeness (QED) is 0.591. The fourth-order valence-corrected chi connectivity index (χ4v) is 3.24. The van der Waals surface area contributed by atoms with Crippen LogP contribution in [0.2, 0.25) is 0 Å². The van der Waals surface area contributed by atoms with Gasteiger partial charge in [-0.15, -0.1) is 0 Å². The van der Waals surface area contributed by atoms with E-state index in [-0.39, 0.29) is 30.8 Å². The molecule has 0 heterocycles. The van der Waals surface area contributed by atoms with Gasteiger partial charge in [-0.3, -0.25) is 9.69 Å². The van der Waals surface area contributed by atoms with Crippen molar-refractivity contribution in [3.8, 4) is 0 Å². The molecule has 7 heteroatoms. The van der Waals surface area contributed by atoms with Gasteiger partial charge < -0.3 is 20.5 Å². The number of likely N-dealkylation sites (N-methyl/N-ethyl adjacent to an activating group) is 1. The number of nitrogens with zero attached hydrogens (tertiary/aromatic N) is 1. The first-order valence-corrected chi connectivity index (χ1v) is 9.20. The summed E-state index contributed by atoms with van der Waals surface area (Å²) in [6.07, 6.45) is 1.39. The van der Waals surface area contributed by atoms with Gasteiger partial charge in [-0.2, -0.15) is 0 Å². The third-order valence-corrected chi connectivity index (χ3v) is 4.70. The zero-order valence-corrected chi connectivity index (χ0v) is 15.5. The second kappa shape index (κ2) is 10.1. The zero-order chi connectivity index (χ0) is 18.9. The molecule has 2 rings (SSSR count). The largest absolute Gasteiger partial charge is 0.480 e. The lowest BCUT2D eigenvalue weighted by Crippen LogP contribution is -2.56. The van der Waals surface area contributed by atoms with Gasteiger partial charge in [-0.1, -0.05) is 37.3 Å². The molecular weight excluding hydrogens is 334 g/mol. The lowest BCUT2D eigenvalue weighted by molar-refractivity contribution is -0.139. The smallest absolute Gasteiger partial charge is 0.317 e. The van der Waals surface area contributed by atoms with E-state index < -0.39 is 5.97 Å². The fraction of sp³-hybridized carbons (Fsp3) is 0.579. The topological polar surface area (TPSA) is 90.9 Å². The molecule has 26 heavy (non-hydrogen) atoms. The van der Waals surface area contributed by atoms with Crippen molar-refractivity contribution >= 4 is 12.0 Å². The predicted octanol–water partition coefficient (Wildman–Crippen LogP) is 2.00. The summed E-state index contributed by atoms with van der Waals surface area (Å²) in [4.78, 5) is 24.9. The van der Waals surface area contributed by atoms with Crippen LogP contribution in [-0.4, -0.2) is 60.3 Å². The molecule has 0 bridgehead atoms. The Labute approximate surface area is 154 Å². The number of amides is 2. The van der Waals surface area contributed by atoms with Crippen molar-refractivity contribution in [2.45, 2.75) is 44.9 Å². The van der Waals surface area contributed by atoms with Gasteiger partial charge >= 0.3 is 12.0 Å². The summed E-state index contributed by atoms with van der Waals surface area (Å²) in [6, 6.07) is 9.92. The molecule has 1 saturated carbocycles. The predicted molar refractivity (Wildman–Crippen MR) is 99.0 cm³/mol. The molecule has 0 aromatic heterocycles. The minimum atomic E-state index is -0.816. The zero-order valence-electron chi connectivity index (χ0n) is 15.5. The molecule has 1 aliphatic carbocycles. The first kappa shape index (κ1) is 20.2. The summed E-state index contributed by atoms with van der Waals surface area (Å²) in [6.45, 7) is 5.61. The number of hydrogen-bond acceptors (Lipinski definition) is 4. The second-order valence-electron chi connectivity index (χ2n) is 6.49. The molecule has 0 saturated heterocycles. The van der Waals surface area contributed by atoms with Crippen LogP contribution in [0.4, 0.5) is 4.79 Å². The Morgan fingerprint density at radius 2 is 1.96 bits per heavy atom. The van der Waals surface area contributed by atoms with Gasteiger partial charge in [0.05, 0.1) is 12.6 Å². The van der Waals surface area contributed by atoms with Crippen molar-refractivity contribution in [3.63, 3.8) is 0 Å². The van der Waals surface area contributed by atoms with E-state index in [1.54, 1.807) is 0 Å². The van der Waals surface area contributed by atoms with Crippen LogP contribution >= 0.6 is 0 Å². The molecule has 1 aliphatic rings. The Kier molecular flexibility index (Phi) is 7.87. The Hall–Kier alpha value is -2.12. The minimum Gasteiger partial charge on any atom is -0.480 e. The van der Waals surface area contributed by atoms with E-state index in [0.29, 0.717) is 19.7 Å². The molecule has 1 aromatic rings. The Morgan fingerprint density at radius 1 is 1.27 bits per heavy atom. The normalized spacial score (nSPS) is 20.3. The fourth-order valence-electron chi connectivity index (χ4n) is 3.24. The van der Waals surface area contributed by atoms with Crippen LogP contribution in [0.25, 0.3) is 0 Å². The number of carbonyl (C=O) groups excluding carboxylic acids is 1. The third-order valence-electron chi connectivity index (χ3n) is 4.70. The van der Waals surface area contributed by atoms with Crippen LogP contribution < -0.4 is 10.6 Å². The van der Waals surface area contributed by atoms with Crippen molar-refractivity contribution < 1.29 is 19.4 Å². The van der Waals surface area contributed by atoms with Crippen molar-refractivity contribution in [1.29, 1.82) is 0 Å². The number of ether oxygens (including phenoxy) is 1. The number of benzene rings is 1. The molecule has 144 valence electrons. The highest BCUT2D eigenvalue weighted by Gasteiger charge is 2.34. The molecule has 1 aromatic carbocycles. The van der Waals surface area contributed by atoms with Crippen LogP contribution in [0.1, 0.15) is 38.4 Å². The average Bonchev–Trinajstić information content (AvgIpc) is 2.60. The minimum absolute atomic E-state index is 0.0488. The summed E-state index contributed by atoms with van der Waals surface area (Å²) < 4.78 is 5.72. The summed E-state index contributed by atoms with van der Waals surface area (Å²) in [5.74, 6) is -0.816. The standard InChI is InChI=1S/C19H29N3O4/c1-3-22(13-18(23)24)16-10-15(11-16)21-19(25)20-12-17(26-4-2)14-8-6-5-7-9-14/h5-9,15-17H,3-4,10-13H2,1-2H3,(H,23,24)(H2,20,21,25). The molecule has 1 unspecified atom stereocenters. The lowest BCUT2D eigenvalue weighted by atomic mass is 9.85. The van der Waals surface area contributed by atoms with Gasteiger partial charge in [-0.25, -0.2) is 4.79 Å².